The Bertz CT molecular complexity index is 428. The lowest BCUT2D eigenvalue weighted by molar-refractivity contribution is 0.259. The van der Waals surface area contributed by atoms with Gasteiger partial charge in [-0.15, -0.1) is 10.2 Å². The fraction of sp³-hybridized carbons (Fsp3) is 0.273. The van der Waals surface area contributed by atoms with Crippen molar-refractivity contribution in [3.05, 3.63) is 42.1 Å². The van der Waals surface area contributed by atoms with Crippen LogP contribution in [0.2, 0.25) is 0 Å². The molecule has 16 heavy (non-hydrogen) atoms. The second-order valence-corrected chi connectivity index (χ2v) is 3.23. The van der Waals surface area contributed by atoms with Crippen molar-refractivity contribution in [2.45, 2.75) is 13.0 Å². The van der Waals surface area contributed by atoms with Crippen molar-refractivity contribution in [1.82, 2.24) is 10.2 Å². The van der Waals surface area contributed by atoms with Crippen LogP contribution in [0.25, 0.3) is 0 Å². The Morgan fingerprint density at radius 1 is 1.12 bits per heavy atom. The van der Waals surface area contributed by atoms with Crippen molar-refractivity contribution in [3.8, 4) is 5.75 Å². The van der Waals surface area contributed by atoms with Gasteiger partial charge in [0, 0.05) is 13.0 Å². The van der Waals surface area contributed by atoms with Crippen LogP contribution < -0.4 is 10.5 Å². The first-order valence-electron chi connectivity index (χ1n) is 5.07. The van der Waals surface area contributed by atoms with Gasteiger partial charge in [-0.1, -0.05) is 18.2 Å². The summed E-state index contributed by atoms with van der Waals surface area (Å²) in [6.07, 6.45) is 0.596. The van der Waals surface area contributed by atoms with Crippen molar-refractivity contribution in [1.29, 1.82) is 0 Å². The molecule has 0 radical (unpaired) electrons. The molecule has 2 N–H and O–H groups in total. The number of benzene rings is 1. The third-order valence-corrected chi connectivity index (χ3v) is 1.97. The molecule has 0 unspecified atom stereocenters. The van der Waals surface area contributed by atoms with Crippen LogP contribution >= 0.6 is 0 Å². The monoisotopic (exact) mass is 219 g/mol. The van der Waals surface area contributed by atoms with Crippen LogP contribution in [0.3, 0.4) is 0 Å². The molecular formula is C11H13N3O2. The maximum absolute atomic E-state index is 5.46. The Morgan fingerprint density at radius 3 is 2.62 bits per heavy atom. The van der Waals surface area contributed by atoms with Gasteiger partial charge >= 0.3 is 0 Å². The van der Waals surface area contributed by atoms with Gasteiger partial charge in [-0.25, -0.2) is 0 Å². The molecule has 1 heterocycles. The average molecular weight is 219 g/mol. The molecule has 0 saturated carbocycles. The van der Waals surface area contributed by atoms with Crippen molar-refractivity contribution in [2.75, 3.05) is 6.54 Å². The zero-order valence-electron chi connectivity index (χ0n) is 8.80. The molecule has 0 spiro atoms. The average Bonchev–Trinajstić information content (AvgIpc) is 2.76. The second kappa shape index (κ2) is 5.27. The standard InChI is InChI=1S/C11H13N3O2/c12-7-6-10-13-14-11(16-10)8-15-9-4-2-1-3-5-9/h1-5H,6-8,12H2. The predicted octanol–water partition coefficient (Wildman–Crippen LogP) is 1.15. The lowest BCUT2D eigenvalue weighted by Crippen LogP contribution is -2.02. The summed E-state index contributed by atoms with van der Waals surface area (Å²) in [5.74, 6) is 1.79. The van der Waals surface area contributed by atoms with Gasteiger partial charge in [0.2, 0.25) is 5.89 Å². The van der Waals surface area contributed by atoms with Gasteiger partial charge < -0.3 is 14.9 Å². The van der Waals surface area contributed by atoms with Crippen LogP contribution in [-0.2, 0) is 13.0 Å². The molecule has 5 heteroatoms. The Labute approximate surface area is 93.2 Å². The molecule has 0 aliphatic rings. The fourth-order valence-electron chi connectivity index (χ4n) is 1.23. The first-order valence-corrected chi connectivity index (χ1v) is 5.07. The number of para-hydroxylation sites is 1. The molecule has 0 aliphatic carbocycles. The molecule has 5 nitrogen and oxygen atoms in total. The smallest absolute Gasteiger partial charge is 0.253 e. The van der Waals surface area contributed by atoms with E-state index >= 15 is 0 Å². The largest absolute Gasteiger partial charge is 0.484 e. The highest BCUT2D eigenvalue weighted by molar-refractivity contribution is 5.20. The molecule has 0 bridgehead atoms. The van der Waals surface area contributed by atoms with E-state index in [-0.39, 0.29) is 6.61 Å². The van der Waals surface area contributed by atoms with Crippen LogP contribution in [0.15, 0.2) is 34.7 Å². The molecule has 0 saturated heterocycles. The third kappa shape index (κ3) is 2.80. The minimum absolute atomic E-state index is 0.279. The summed E-state index contributed by atoms with van der Waals surface area (Å²) in [6.45, 7) is 0.781. The van der Waals surface area contributed by atoms with Crippen LogP contribution in [0.4, 0.5) is 0 Å². The second-order valence-electron chi connectivity index (χ2n) is 3.23. The van der Waals surface area contributed by atoms with Crippen LogP contribution in [0.1, 0.15) is 11.8 Å². The van der Waals surface area contributed by atoms with E-state index in [1.165, 1.54) is 0 Å². The quantitative estimate of drug-likeness (QED) is 0.816. The first-order chi connectivity index (χ1) is 7.88. The van der Waals surface area contributed by atoms with Crippen LogP contribution in [-0.4, -0.2) is 16.7 Å². The van der Waals surface area contributed by atoms with Crippen LogP contribution in [0.5, 0.6) is 5.75 Å². The maximum Gasteiger partial charge on any atom is 0.253 e. The molecular weight excluding hydrogens is 206 g/mol. The van der Waals surface area contributed by atoms with Crippen molar-refractivity contribution >= 4 is 0 Å². The van der Waals surface area contributed by atoms with Crippen molar-refractivity contribution in [3.63, 3.8) is 0 Å². The Balaban J connectivity index is 1.89. The topological polar surface area (TPSA) is 74.2 Å². The fourth-order valence-corrected chi connectivity index (χ4v) is 1.23. The summed E-state index contributed by atoms with van der Waals surface area (Å²) in [5, 5.41) is 7.69. The van der Waals surface area contributed by atoms with E-state index in [1.54, 1.807) is 0 Å². The van der Waals surface area contributed by atoms with Gasteiger partial charge in [-0.2, -0.15) is 0 Å². The Hall–Kier alpha value is -1.88. The minimum atomic E-state index is 0.279. The molecule has 2 rings (SSSR count). The van der Waals surface area contributed by atoms with E-state index in [0.29, 0.717) is 24.7 Å². The van der Waals surface area contributed by atoms with E-state index in [0.717, 1.165) is 5.75 Å². The van der Waals surface area contributed by atoms with Gasteiger partial charge in [-0.05, 0) is 12.1 Å². The number of rotatable bonds is 5. The molecule has 1 aromatic heterocycles. The maximum atomic E-state index is 5.46. The summed E-state index contributed by atoms with van der Waals surface area (Å²) in [4.78, 5) is 0. The van der Waals surface area contributed by atoms with Gasteiger partial charge in [0.1, 0.15) is 5.75 Å². The number of hydrogen-bond acceptors (Lipinski definition) is 5. The normalized spacial score (nSPS) is 10.3. The summed E-state index contributed by atoms with van der Waals surface area (Å²) >= 11 is 0. The van der Waals surface area contributed by atoms with Gasteiger partial charge in [-0.3, -0.25) is 0 Å². The number of ether oxygens (including phenoxy) is 1. The lowest BCUT2D eigenvalue weighted by Gasteiger charge is -2.01. The van der Waals surface area contributed by atoms with E-state index in [2.05, 4.69) is 10.2 Å². The van der Waals surface area contributed by atoms with E-state index in [4.69, 9.17) is 14.9 Å². The van der Waals surface area contributed by atoms with E-state index in [9.17, 15) is 0 Å². The molecule has 0 amide bonds. The number of nitrogens with zero attached hydrogens (tertiary/aromatic N) is 2. The Kier molecular flexibility index (Phi) is 3.50. The molecule has 0 aliphatic heterocycles. The van der Waals surface area contributed by atoms with E-state index in [1.807, 2.05) is 30.3 Å². The highest BCUT2D eigenvalue weighted by Crippen LogP contribution is 2.11. The SMILES string of the molecule is NCCc1nnc(COc2ccccc2)o1. The van der Waals surface area contributed by atoms with E-state index < -0.39 is 0 Å². The zero-order valence-corrected chi connectivity index (χ0v) is 8.80. The highest BCUT2D eigenvalue weighted by atomic mass is 16.5. The molecule has 0 fully saturated rings. The number of hydrogen-bond donors (Lipinski definition) is 1. The molecule has 0 atom stereocenters. The van der Waals surface area contributed by atoms with Gasteiger partial charge in [0.15, 0.2) is 6.61 Å². The third-order valence-electron chi connectivity index (χ3n) is 1.97. The summed E-state index contributed by atoms with van der Waals surface area (Å²) < 4.78 is 10.8. The summed E-state index contributed by atoms with van der Waals surface area (Å²) in [5.41, 5.74) is 5.38. The van der Waals surface area contributed by atoms with Gasteiger partial charge in [0.25, 0.3) is 5.89 Å². The minimum Gasteiger partial charge on any atom is -0.484 e. The zero-order chi connectivity index (χ0) is 11.2. The van der Waals surface area contributed by atoms with Crippen molar-refractivity contribution in [2.24, 2.45) is 5.73 Å². The Morgan fingerprint density at radius 2 is 1.88 bits per heavy atom. The van der Waals surface area contributed by atoms with Crippen molar-refractivity contribution < 1.29 is 9.15 Å². The molecule has 2 aromatic rings. The molecule has 1 aromatic carbocycles. The number of aromatic nitrogens is 2. The first kappa shape index (κ1) is 10.6. The number of nitrogens with two attached hydrogens (primary N) is 1. The summed E-state index contributed by atoms with van der Waals surface area (Å²) in [6, 6.07) is 9.49. The molecule has 84 valence electrons. The predicted molar refractivity (Wildman–Crippen MR) is 57.8 cm³/mol. The lowest BCUT2D eigenvalue weighted by atomic mass is 10.3. The summed E-state index contributed by atoms with van der Waals surface area (Å²) in [7, 11) is 0. The van der Waals surface area contributed by atoms with Gasteiger partial charge in [0.05, 0.1) is 0 Å². The highest BCUT2D eigenvalue weighted by Gasteiger charge is 2.05. The van der Waals surface area contributed by atoms with Crippen LogP contribution in [0, 0.1) is 0 Å².